The number of hydrogen-bond acceptors (Lipinski definition) is 5. The van der Waals surface area contributed by atoms with E-state index in [1.54, 1.807) is 42.5 Å². The molecule has 0 saturated carbocycles. The van der Waals surface area contributed by atoms with Crippen LogP contribution in [-0.2, 0) is 0 Å². The summed E-state index contributed by atoms with van der Waals surface area (Å²) in [5.41, 5.74) is 5.43. The van der Waals surface area contributed by atoms with E-state index in [0.717, 1.165) is 27.9 Å². The van der Waals surface area contributed by atoms with Crippen molar-refractivity contribution in [1.29, 1.82) is 0 Å². The molecule has 4 aromatic carbocycles. The summed E-state index contributed by atoms with van der Waals surface area (Å²) in [6, 6.07) is 21.6. The van der Waals surface area contributed by atoms with Crippen LogP contribution in [0.1, 0.15) is 22.3 Å². The van der Waals surface area contributed by atoms with Gasteiger partial charge in [0.15, 0.2) is 11.5 Å². The van der Waals surface area contributed by atoms with Crippen LogP contribution in [0.2, 0.25) is 0 Å². The number of para-hydroxylation sites is 2. The van der Waals surface area contributed by atoms with Crippen LogP contribution in [0.4, 0.5) is 17.1 Å². The van der Waals surface area contributed by atoms with E-state index in [0.29, 0.717) is 22.9 Å². The van der Waals surface area contributed by atoms with Crippen molar-refractivity contribution in [3.8, 4) is 28.7 Å². The van der Waals surface area contributed by atoms with Crippen molar-refractivity contribution in [2.45, 2.75) is 27.7 Å². The fourth-order valence-corrected chi connectivity index (χ4v) is 4.08. The van der Waals surface area contributed by atoms with Gasteiger partial charge in [-0.2, -0.15) is 0 Å². The van der Waals surface area contributed by atoms with Crippen molar-refractivity contribution in [3.05, 3.63) is 95.1 Å². The second-order valence-electron chi connectivity index (χ2n) is 8.25. The van der Waals surface area contributed by atoms with E-state index < -0.39 is 0 Å². The van der Waals surface area contributed by atoms with Gasteiger partial charge in [0, 0.05) is 5.69 Å². The Morgan fingerprint density at radius 3 is 1.64 bits per heavy atom. The molecular weight excluding hydrogens is 414 g/mol. The molecule has 4 aromatic rings. The highest BCUT2D eigenvalue weighted by Gasteiger charge is 2.22. The van der Waals surface area contributed by atoms with Gasteiger partial charge < -0.3 is 25.0 Å². The second-order valence-corrected chi connectivity index (χ2v) is 8.25. The van der Waals surface area contributed by atoms with Gasteiger partial charge in [0.25, 0.3) is 0 Å². The minimum Gasteiger partial charge on any atom is -0.506 e. The number of ether oxygens (including phenoxy) is 1. The average Bonchev–Trinajstić information content (AvgIpc) is 2.75. The SMILES string of the molecule is Cc1cc(C)c(Oc2ccc(N(c3c(C)cccc3O)c3c(C)cccc3O)cc2)c(O)c1. The van der Waals surface area contributed by atoms with Crippen molar-refractivity contribution in [3.63, 3.8) is 0 Å². The molecule has 0 radical (unpaired) electrons. The van der Waals surface area contributed by atoms with Gasteiger partial charge in [-0.15, -0.1) is 0 Å². The third kappa shape index (κ3) is 4.30. The Bertz CT molecular complexity index is 1200. The molecule has 0 amide bonds. The molecule has 0 fully saturated rings. The summed E-state index contributed by atoms with van der Waals surface area (Å²) >= 11 is 0. The van der Waals surface area contributed by atoms with Crippen molar-refractivity contribution in [2.24, 2.45) is 0 Å². The van der Waals surface area contributed by atoms with E-state index in [1.807, 2.05) is 62.9 Å². The number of phenols is 3. The molecule has 0 aliphatic heterocycles. The monoisotopic (exact) mass is 441 g/mol. The smallest absolute Gasteiger partial charge is 0.171 e. The Labute approximate surface area is 193 Å². The maximum absolute atomic E-state index is 10.7. The first-order valence-corrected chi connectivity index (χ1v) is 10.7. The van der Waals surface area contributed by atoms with Gasteiger partial charge >= 0.3 is 0 Å². The van der Waals surface area contributed by atoms with Gasteiger partial charge in [-0.1, -0.05) is 30.3 Å². The first-order chi connectivity index (χ1) is 15.8. The fourth-order valence-electron chi connectivity index (χ4n) is 4.08. The van der Waals surface area contributed by atoms with Crippen molar-refractivity contribution >= 4 is 17.1 Å². The van der Waals surface area contributed by atoms with Gasteiger partial charge in [0.05, 0.1) is 11.4 Å². The number of anilines is 3. The van der Waals surface area contributed by atoms with Crippen LogP contribution >= 0.6 is 0 Å². The molecule has 0 atom stereocenters. The molecular formula is C28H27NO4. The van der Waals surface area contributed by atoms with Gasteiger partial charge in [-0.25, -0.2) is 0 Å². The average molecular weight is 442 g/mol. The molecule has 0 bridgehead atoms. The third-order valence-corrected chi connectivity index (χ3v) is 5.59. The van der Waals surface area contributed by atoms with Crippen molar-refractivity contribution in [2.75, 3.05) is 4.90 Å². The zero-order chi connectivity index (χ0) is 23.7. The summed E-state index contributed by atoms with van der Waals surface area (Å²) in [6.07, 6.45) is 0. The molecule has 5 nitrogen and oxygen atoms in total. The zero-order valence-corrected chi connectivity index (χ0v) is 19.1. The highest BCUT2D eigenvalue weighted by molar-refractivity contribution is 5.86. The van der Waals surface area contributed by atoms with Crippen molar-refractivity contribution in [1.82, 2.24) is 0 Å². The molecule has 0 aliphatic rings. The van der Waals surface area contributed by atoms with Crippen LogP contribution in [0.15, 0.2) is 72.8 Å². The van der Waals surface area contributed by atoms with E-state index in [4.69, 9.17) is 4.74 Å². The Hall–Kier alpha value is -4.12. The molecule has 0 spiro atoms. The van der Waals surface area contributed by atoms with Gasteiger partial charge in [-0.3, -0.25) is 0 Å². The van der Waals surface area contributed by atoms with Gasteiger partial charge in [0.1, 0.15) is 17.2 Å². The number of aromatic hydroxyl groups is 3. The minimum absolute atomic E-state index is 0.0906. The number of phenolic OH excluding ortho intramolecular Hbond substituents is 3. The van der Waals surface area contributed by atoms with Crippen LogP contribution in [0.5, 0.6) is 28.7 Å². The summed E-state index contributed by atoms with van der Waals surface area (Å²) in [4.78, 5) is 1.84. The number of rotatable bonds is 5. The number of nitrogens with zero attached hydrogens (tertiary/aromatic N) is 1. The highest BCUT2D eigenvalue weighted by atomic mass is 16.5. The van der Waals surface area contributed by atoms with E-state index in [-0.39, 0.29) is 17.2 Å². The predicted octanol–water partition coefficient (Wildman–Crippen LogP) is 7.30. The van der Waals surface area contributed by atoms with Crippen LogP contribution in [0.25, 0.3) is 0 Å². The van der Waals surface area contributed by atoms with E-state index >= 15 is 0 Å². The topological polar surface area (TPSA) is 73.2 Å². The number of benzene rings is 4. The third-order valence-electron chi connectivity index (χ3n) is 5.59. The summed E-state index contributed by atoms with van der Waals surface area (Å²) in [6.45, 7) is 7.64. The van der Waals surface area contributed by atoms with E-state index in [9.17, 15) is 15.3 Å². The lowest BCUT2D eigenvalue weighted by Gasteiger charge is -2.29. The molecule has 4 rings (SSSR count). The molecule has 33 heavy (non-hydrogen) atoms. The number of aryl methyl sites for hydroxylation is 4. The molecule has 0 aliphatic carbocycles. The highest BCUT2D eigenvalue weighted by Crippen LogP contribution is 2.46. The standard InChI is InChI=1S/C28H27NO4/c1-17-15-20(4)28(25(32)16-17)33-22-13-11-21(12-14-22)29(26-18(2)7-5-9-23(26)30)27-19(3)8-6-10-24(27)31/h5-16,30-32H,1-4H3. The van der Waals surface area contributed by atoms with Crippen LogP contribution < -0.4 is 9.64 Å². The second kappa shape index (κ2) is 8.79. The molecule has 0 saturated heterocycles. The van der Waals surface area contributed by atoms with Crippen LogP contribution in [0, 0.1) is 27.7 Å². The first-order valence-electron chi connectivity index (χ1n) is 10.7. The lowest BCUT2D eigenvalue weighted by Crippen LogP contribution is -2.13. The Morgan fingerprint density at radius 1 is 0.606 bits per heavy atom. The maximum Gasteiger partial charge on any atom is 0.171 e. The van der Waals surface area contributed by atoms with Gasteiger partial charge in [0.2, 0.25) is 0 Å². The Balaban J connectivity index is 1.80. The molecule has 0 aromatic heterocycles. The van der Waals surface area contributed by atoms with Crippen LogP contribution in [-0.4, -0.2) is 15.3 Å². The Kier molecular flexibility index (Phi) is 5.88. The Morgan fingerprint density at radius 2 is 1.15 bits per heavy atom. The lowest BCUT2D eigenvalue weighted by molar-refractivity contribution is 0.408. The normalized spacial score (nSPS) is 10.8. The summed E-state index contributed by atoms with van der Waals surface area (Å²) in [5, 5.41) is 31.8. The predicted molar refractivity (Wildman–Crippen MR) is 132 cm³/mol. The van der Waals surface area contributed by atoms with Crippen molar-refractivity contribution < 1.29 is 20.1 Å². The maximum atomic E-state index is 10.7. The molecule has 5 heteroatoms. The quantitative estimate of drug-likeness (QED) is 0.303. The van der Waals surface area contributed by atoms with Gasteiger partial charge in [-0.05, 0) is 92.4 Å². The van der Waals surface area contributed by atoms with Crippen LogP contribution in [0.3, 0.4) is 0 Å². The zero-order valence-electron chi connectivity index (χ0n) is 19.1. The lowest BCUT2D eigenvalue weighted by atomic mass is 10.1. The fraction of sp³-hybridized carbons (Fsp3) is 0.143. The summed E-state index contributed by atoms with van der Waals surface area (Å²) < 4.78 is 5.97. The molecule has 0 unspecified atom stereocenters. The largest absolute Gasteiger partial charge is 0.506 e. The molecule has 0 heterocycles. The summed E-state index contributed by atoms with van der Waals surface area (Å²) in [7, 11) is 0. The molecule has 3 N–H and O–H groups in total. The minimum atomic E-state index is 0.0906. The first kappa shape index (κ1) is 22.1. The molecule has 168 valence electrons. The van der Waals surface area contributed by atoms with E-state index in [2.05, 4.69) is 0 Å². The summed E-state index contributed by atoms with van der Waals surface area (Å²) in [5.74, 6) is 1.28. The van der Waals surface area contributed by atoms with E-state index in [1.165, 1.54) is 0 Å². The number of hydrogen-bond donors (Lipinski definition) is 3.